The van der Waals surface area contributed by atoms with E-state index in [2.05, 4.69) is 5.32 Å². The highest BCUT2D eigenvalue weighted by molar-refractivity contribution is 5.90. The number of nitrogens with one attached hydrogen (secondary N) is 1. The number of hydrogen-bond donors (Lipinski definition) is 1. The van der Waals surface area contributed by atoms with Crippen molar-refractivity contribution in [1.82, 2.24) is 0 Å². The first-order valence-corrected chi connectivity index (χ1v) is 6.77. The summed E-state index contributed by atoms with van der Waals surface area (Å²) in [5.41, 5.74) is 3.45. The lowest BCUT2D eigenvalue weighted by Gasteiger charge is -2.08. The van der Waals surface area contributed by atoms with Crippen LogP contribution in [-0.2, 0) is 11.2 Å². The number of rotatable bonds is 4. The molecule has 0 saturated carbocycles. The van der Waals surface area contributed by atoms with Gasteiger partial charge in [-0.2, -0.15) is 0 Å². The lowest BCUT2D eigenvalue weighted by atomic mass is 10.0. The van der Waals surface area contributed by atoms with Crippen LogP contribution in [0.3, 0.4) is 0 Å². The van der Waals surface area contributed by atoms with Crippen molar-refractivity contribution < 1.29 is 13.6 Å². The number of benzene rings is 2. The maximum atomic E-state index is 13.4. The smallest absolute Gasteiger partial charge is 0.224 e. The van der Waals surface area contributed by atoms with E-state index in [0.717, 1.165) is 17.7 Å². The number of aryl methyl sites for hydroxylation is 3. The SMILES string of the molecule is Cc1ccc(CCC(=O)Nc2ccc(F)cc2F)cc1C. The second-order valence-electron chi connectivity index (χ2n) is 5.09. The molecule has 1 N–H and O–H groups in total. The minimum Gasteiger partial charge on any atom is -0.324 e. The third-order valence-corrected chi connectivity index (χ3v) is 3.42. The molecule has 1 amide bonds. The van der Waals surface area contributed by atoms with Crippen LogP contribution in [0.15, 0.2) is 36.4 Å². The van der Waals surface area contributed by atoms with Crippen molar-refractivity contribution >= 4 is 11.6 Å². The zero-order valence-corrected chi connectivity index (χ0v) is 12.0. The first-order chi connectivity index (χ1) is 9.95. The molecule has 2 aromatic rings. The van der Waals surface area contributed by atoms with Crippen LogP contribution in [0.2, 0.25) is 0 Å². The Hall–Kier alpha value is -2.23. The van der Waals surface area contributed by atoms with Gasteiger partial charge in [-0.1, -0.05) is 18.2 Å². The minimum absolute atomic E-state index is 0.00138. The fourth-order valence-corrected chi connectivity index (χ4v) is 2.02. The first kappa shape index (κ1) is 15.2. The molecular formula is C17H17F2NO. The van der Waals surface area contributed by atoms with Crippen molar-refractivity contribution in [3.8, 4) is 0 Å². The molecule has 0 aromatic heterocycles. The van der Waals surface area contributed by atoms with E-state index in [-0.39, 0.29) is 18.0 Å². The average molecular weight is 289 g/mol. The molecule has 0 aliphatic heterocycles. The van der Waals surface area contributed by atoms with Gasteiger partial charge in [0.25, 0.3) is 0 Å². The van der Waals surface area contributed by atoms with E-state index in [0.29, 0.717) is 6.42 Å². The van der Waals surface area contributed by atoms with E-state index >= 15 is 0 Å². The van der Waals surface area contributed by atoms with Gasteiger partial charge in [0.15, 0.2) is 0 Å². The standard InChI is InChI=1S/C17H17F2NO/c1-11-3-4-13(9-12(11)2)5-8-17(21)20-16-7-6-14(18)10-15(16)19/h3-4,6-7,9-10H,5,8H2,1-2H3,(H,20,21). The van der Waals surface area contributed by atoms with E-state index in [4.69, 9.17) is 0 Å². The molecule has 2 nitrogen and oxygen atoms in total. The van der Waals surface area contributed by atoms with Crippen molar-refractivity contribution in [2.24, 2.45) is 0 Å². The van der Waals surface area contributed by atoms with Gasteiger partial charge in [0.1, 0.15) is 11.6 Å². The summed E-state index contributed by atoms with van der Waals surface area (Å²) < 4.78 is 26.2. The van der Waals surface area contributed by atoms with E-state index < -0.39 is 11.6 Å². The zero-order valence-electron chi connectivity index (χ0n) is 12.0. The Morgan fingerprint density at radius 3 is 2.48 bits per heavy atom. The number of hydrogen-bond acceptors (Lipinski definition) is 1. The summed E-state index contributed by atoms with van der Waals surface area (Å²) in [4.78, 5) is 11.8. The highest BCUT2D eigenvalue weighted by Crippen LogP contribution is 2.16. The normalized spacial score (nSPS) is 10.5. The Morgan fingerprint density at radius 2 is 1.81 bits per heavy atom. The van der Waals surface area contributed by atoms with E-state index in [1.165, 1.54) is 17.2 Å². The molecule has 110 valence electrons. The highest BCUT2D eigenvalue weighted by atomic mass is 19.1. The monoisotopic (exact) mass is 289 g/mol. The lowest BCUT2D eigenvalue weighted by molar-refractivity contribution is -0.116. The van der Waals surface area contributed by atoms with Gasteiger partial charge in [-0.05, 0) is 49.1 Å². The van der Waals surface area contributed by atoms with E-state index in [1.54, 1.807) is 0 Å². The van der Waals surface area contributed by atoms with Crippen molar-refractivity contribution in [3.63, 3.8) is 0 Å². The summed E-state index contributed by atoms with van der Waals surface area (Å²) in [5.74, 6) is -1.73. The van der Waals surface area contributed by atoms with Crippen LogP contribution in [0.5, 0.6) is 0 Å². The number of amides is 1. The van der Waals surface area contributed by atoms with Gasteiger partial charge in [0, 0.05) is 12.5 Å². The quantitative estimate of drug-likeness (QED) is 0.900. The molecule has 0 bridgehead atoms. The second-order valence-corrected chi connectivity index (χ2v) is 5.09. The maximum Gasteiger partial charge on any atom is 0.224 e. The van der Waals surface area contributed by atoms with Crippen molar-refractivity contribution in [2.75, 3.05) is 5.32 Å². The molecule has 2 aromatic carbocycles. The van der Waals surface area contributed by atoms with E-state index in [1.807, 2.05) is 32.0 Å². The number of anilines is 1. The van der Waals surface area contributed by atoms with Gasteiger partial charge in [-0.25, -0.2) is 8.78 Å². The summed E-state index contributed by atoms with van der Waals surface area (Å²) in [7, 11) is 0. The molecule has 2 rings (SSSR count). The van der Waals surface area contributed by atoms with Crippen LogP contribution in [0.25, 0.3) is 0 Å². The molecule has 0 aliphatic rings. The number of halogens is 2. The summed E-state index contributed by atoms with van der Waals surface area (Å²) in [6.07, 6.45) is 0.828. The molecule has 0 heterocycles. The number of carbonyl (C=O) groups excluding carboxylic acids is 1. The average Bonchev–Trinajstić information content (AvgIpc) is 2.43. The second kappa shape index (κ2) is 6.48. The van der Waals surface area contributed by atoms with Crippen molar-refractivity contribution in [3.05, 3.63) is 64.7 Å². The van der Waals surface area contributed by atoms with Crippen LogP contribution in [0, 0.1) is 25.5 Å². The molecule has 0 aliphatic carbocycles. The van der Waals surface area contributed by atoms with Gasteiger partial charge < -0.3 is 5.32 Å². The Labute approximate surface area is 122 Å². The summed E-state index contributed by atoms with van der Waals surface area (Å²) in [6, 6.07) is 9.12. The Kier molecular flexibility index (Phi) is 4.68. The molecule has 0 saturated heterocycles. The van der Waals surface area contributed by atoms with Crippen LogP contribution in [-0.4, -0.2) is 5.91 Å². The largest absolute Gasteiger partial charge is 0.324 e. The minimum atomic E-state index is -0.769. The van der Waals surface area contributed by atoms with Crippen LogP contribution in [0.4, 0.5) is 14.5 Å². The number of carbonyl (C=O) groups is 1. The zero-order chi connectivity index (χ0) is 15.4. The van der Waals surface area contributed by atoms with Gasteiger partial charge in [0.05, 0.1) is 5.69 Å². The van der Waals surface area contributed by atoms with Crippen LogP contribution < -0.4 is 5.32 Å². The first-order valence-electron chi connectivity index (χ1n) is 6.77. The third kappa shape index (κ3) is 4.12. The highest BCUT2D eigenvalue weighted by Gasteiger charge is 2.08. The predicted octanol–water partition coefficient (Wildman–Crippen LogP) is 4.15. The van der Waals surface area contributed by atoms with Gasteiger partial charge in [0.2, 0.25) is 5.91 Å². The Bertz CT molecular complexity index is 668. The van der Waals surface area contributed by atoms with E-state index in [9.17, 15) is 13.6 Å². The molecule has 4 heteroatoms. The maximum absolute atomic E-state index is 13.4. The Balaban J connectivity index is 1.94. The fraction of sp³-hybridized carbons (Fsp3) is 0.235. The molecule has 0 atom stereocenters. The van der Waals surface area contributed by atoms with Gasteiger partial charge in [-0.15, -0.1) is 0 Å². The predicted molar refractivity (Wildman–Crippen MR) is 79.2 cm³/mol. The molecule has 0 fully saturated rings. The van der Waals surface area contributed by atoms with Crippen molar-refractivity contribution in [2.45, 2.75) is 26.7 Å². The summed E-state index contributed by atoms with van der Waals surface area (Å²) in [5, 5.41) is 2.45. The van der Waals surface area contributed by atoms with Gasteiger partial charge in [-0.3, -0.25) is 4.79 Å². The summed E-state index contributed by atoms with van der Waals surface area (Å²) >= 11 is 0. The van der Waals surface area contributed by atoms with Crippen LogP contribution in [0.1, 0.15) is 23.1 Å². The molecule has 0 radical (unpaired) electrons. The van der Waals surface area contributed by atoms with Crippen LogP contribution >= 0.6 is 0 Å². The lowest BCUT2D eigenvalue weighted by Crippen LogP contribution is -2.13. The molecule has 0 spiro atoms. The Morgan fingerprint density at radius 1 is 1.05 bits per heavy atom. The van der Waals surface area contributed by atoms with Gasteiger partial charge >= 0.3 is 0 Å². The molecule has 21 heavy (non-hydrogen) atoms. The third-order valence-electron chi connectivity index (χ3n) is 3.42. The molecule has 0 unspecified atom stereocenters. The fourth-order valence-electron chi connectivity index (χ4n) is 2.02. The van der Waals surface area contributed by atoms with Crippen molar-refractivity contribution in [1.29, 1.82) is 0 Å². The molecular weight excluding hydrogens is 272 g/mol. The summed E-state index contributed by atoms with van der Waals surface area (Å²) in [6.45, 7) is 4.05. The topological polar surface area (TPSA) is 29.1 Å².